The highest BCUT2D eigenvalue weighted by Crippen LogP contribution is 2.30. The van der Waals surface area contributed by atoms with Crippen molar-refractivity contribution in [2.75, 3.05) is 19.3 Å². The third kappa shape index (κ3) is 2.82. The Hall–Kier alpha value is -0.820. The molecule has 86 valence electrons. The van der Waals surface area contributed by atoms with E-state index in [0.29, 0.717) is 12.6 Å². The molecule has 1 aliphatic heterocycles. The number of carbonyl (C=O) groups excluding carboxylic acids is 1. The zero-order valence-electron chi connectivity index (χ0n) is 8.47. The van der Waals surface area contributed by atoms with Gasteiger partial charge >= 0.3 is 6.09 Å². The molecule has 1 atom stereocenters. The van der Waals surface area contributed by atoms with Crippen molar-refractivity contribution in [3.05, 3.63) is 0 Å². The monoisotopic (exact) mass is 234 g/mol. The maximum atomic E-state index is 11.3. The van der Waals surface area contributed by atoms with Crippen LogP contribution in [0.1, 0.15) is 12.8 Å². The van der Waals surface area contributed by atoms with Crippen LogP contribution < -0.4 is 4.72 Å². The van der Waals surface area contributed by atoms with Gasteiger partial charge in [-0.2, -0.15) is 0 Å². The van der Waals surface area contributed by atoms with E-state index in [1.807, 2.05) is 0 Å². The van der Waals surface area contributed by atoms with Gasteiger partial charge < -0.3 is 9.64 Å². The van der Waals surface area contributed by atoms with Crippen molar-refractivity contribution in [2.24, 2.45) is 0 Å². The Morgan fingerprint density at radius 3 is 2.73 bits per heavy atom. The third-order valence-electron chi connectivity index (χ3n) is 2.46. The second-order valence-electron chi connectivity index (χ2n) is 4.01. The summed E-state index contributed by atoms with van der Waals surface area (Å²) in [5, 5.41) is 0. The molecule has 1 amide bonds. The SMILES string of the molecule is CS(=O)(=O)NCC1CN(C2CC2)C(=O)O1. The average Bonchev–Trinajstić information content (AvgIpc) is 2.87. The largest absolute Gasteiger partial charge is 0.443 e. The molecule has 1 unspecified atom stereocenters. The summed E-state index contributed by atoms with van der Waals surface area (Å²) in [6.07, 6.45) is 2.47. The Morgan fingerprint density at radius 2 is 2.20 bits per heavy atom. The molecular weight excluding hydrogens is 220 g/mol. The van der Waals surface area contributed by atoms with Gasteiger partial charge in [0.1, 0.15) is 6.10 Å². The van der Waals surface area contributed by atoms with Crippen molar-refractivity contribution in [3.63, 3.8) is 0 Å². The average molecular weight is 234 g/mol. The van der Waals surface area contributed by atoms with Gasteiger partial charge in [-0.05, 0) is 12.8 Å². The van der Waals surface area contributed by atoms with E-state index in [9.17, 15) is 13.2 Å². The Kier molecular flexibility index (Phi) is 2.59. The summed E-state index contributed by atoms with van der Waals surface area (Å²) in [5.74, 6) is 0. The first-order valence-corrected chi connectivity index (χ1v) is 6.77. The van der Waals surface area contributed by atoms with Crippen LogP contribution in [0.25, 0.3) is 0 Å². The summed E-state index contributed by atoms with van der Waals surface area (Å²) >= 11 is 0. The van der Waals surface area contributed by atoms with E-state index < -0.39 is 10.0 Å². The first-order chi connectivity index (χ1) is 6.96. The Bertz CT molecular complexity index is 363. The van der Waals surface area contributed by atoms with Crippen LogP contribution in [0.2, 0.25) is 0 Å². The number of carbonyl (C=O) groups is 1. The fraction of sp³-hybridized carbons (Fsp3) is 0.875. The fourth-order valence-electron chi connectivity index (χ4n) is 1.58. The lowest BCUT2D eigenvalue weighted by atomic mass is 10.3. The molecule has 0 aromatic rings. The Labute approximate surface area is 88.6 Å². The number of nitrogens with one attached hydrogen (secondary N) is 1. The zero-order valence-corrected chi connectivity index (χ0v) is 9.29. The van der Waals surface area contributed by atoms with Crippen molar-refractivity contribution in [2.45, 2.75) is 25.0 Å². The molecule has 2 fully saturated rings. The molecule has 0 radical (unpaired) electrons. The van der Waals surface area contributed by atoms with Crippen LogP contribution in [0.5, 0.6) is 0 Å². The van der Waals surface area contributed by atoms with Crippen LogP contribution in [-0.2, 0) is 14.8 Å². The number of ether oxygens (including phenoxy) is 1. The van der Waals surface area contributed by atoms with Gasteiger partial charge in [-0.3, -0.25) is 0 Å². The standard InChI is InChI=1S/C8H14N2O4S/c1-15(12,13)9-4-7-5-10(6-2-3-6)8(11)14-7/h6-7,9H,2-5H2,1H3. The van der Waals surface area contributed by atoms with Crippen molar-refractivity contribution >= 4 is 16.1 Å². The van der Waals surface area contributed by atoms with Crippen LogP contribution in [0, 0.1) is 0 Å². The number of sulfonamides is 1. The van der Waals surface area contributed by atoms with Crippen molar-refractivity contribution in [3.8, 4) is 0 Å². The molecule has 1 saturated heterocycles. The molecule has 2 rings (SSSR count). The molecule has 0 bridgehead atoms. The van der Waals surface area contributed by atoms with Gasteiger partial charge in [0.25, 0.3) is 0 Å². The maximum Gasteiger partial charge on any atom is 0.410 e. The molecule has 15 heavy (non-hydrogen) atoms. The van der Waals surface area contributed by atoms with Gasteiger partial charge in [0.15, 0.2) is 0 Å². The van der Waals surface area contributed by atoms with Crippen LogP contribution in [0.4, 0.5) is 4.79 Å². The highest BCUT2D eigenvalue weighted by atomic mass is 32.2. The number of cyclic esters (lactones) is 1. The third-order valence-corrected chi connectivity index (χ3v) is 3.15. The van der Waals surface area contributed by atoms with E-state index in [2.05, 4.69) is 4.72 Å². The summed E-state index contributed by atoms with van der Waals surface area (Å²) in [4.78, 5) is 13.0. The first kappa shape index (κ1) is 10.7. The lowest BCUT2D eigenvalue weighted by molar-refractivity contribution is 0.133. The summed E-state index contributed by atoms with van der Waals surface area (Å²) in [6, 6.07) is 0.320. The summed E-state index contributed by atoms with van der Waals surface area (Å²) in [5.41, 5.74) is 0. The smallest absolute Gasteiger partial charge is 0.410 e. The van der Waals surface area contributed by atoms with E-state index in [1.54, 1.807) is 4.90 Å². The first-order valence-electron chi connectivity index (χ1n) is 4.87. The van der Waals surface area contributed by atoms with E-state index in [1.165, 1.54) is 0 Å². The highest BCUT2D eigenvalue weighted by molar-refractivity contribution is 7.88. The Balaban J connectivity index is 1.83. The summed E-state index contributed by atoms with van der Waals surface area (Å²) < 4.78 is 29.0. The topological polar surface area (TPSA) is 75.7 Å². The molecular formula is C8H14N2O4S. The van der Waals surface area contributed by atoms with Gasteiger partial charge in [-0.15, -0.1) is 0 Å². The summed E-state index contributed by atoms with van der Waals surface area (Å²) in [6.45, 7) is 0.653. The van der Waals surface area contributed by atoms with E-state index in [4.69, 9.17) is 4.74 Å². The van der Waals surface area contributed by atoms with Crippen molar-refractivity contribution in [1.82, 2.24) is 9.62 Å². The molecule has 1 saturated carbocycles. The predicted molar refractivity (Wildman–Crippen MR) is 52.8 cm³/mol. The lowest BCUT2D eigenvalue weighted by Gasteiger charge is -2.10. The number of rotatable bonds is 4. The van der Waals surface area contributed by atoms with E-state index in [0.717, 1.165) is 19.1 Å². The minimum Gasteiger partial charge on any atom is -0.443 e. The fourth-order valence-corrected chi connectivity index (χ4v) is 2.06. The normalized spacial score (nSPS) is 26.9. The minimum atomic E-state index is -3.21. The molecule has 0 aromatic carbocycles. The molecule has 7 heteroatoms. The van der Waals surface area contributed by atoms with Gasteiger partial charge in [0.2, 0.25) is 10.0 Å². The second kappa shape index (κ2) is 3.64. The van der Waals surface area contributed by atoms with Crippen molar-refractivity contribution < 1.29 is 17.9 Å². The van der Waals surface area contributed by atoms with Gasteiger partial charge in [-0.25, -0.2) is 17.9 Å². The zero-order chi connectivity index (χ0) is 11.1. The van der Waals surface area contributed by atoms with Crippen LogP contribution in [-0.4, -0.2) is 50.9 Å². The van der Waals surface area contributed by atoms with Crippen molar-refractivity contribution in [1.29, 1.82) is 0 Å². The second-order valence-corrected chi connectivity index (χ2v) is 5.84. The van der Waals surface area contributed by atoms with Gasteiger partial charge in [0.05, 0.1) is 12.8 Å². The summed E-state index contributed by atoms with van der Waals surface area (Å²) in [7, 11) is -3.21. The molecule has 0 spiro atoms. The maximum absolute atomic E-state index is 11.3. The van der Waals surface area contributed by atoms with Gasteiger partial charge in [0, 0.05) is 12.6 Å². The van der Waals surface area contributed by atoms with E-state index in [-0.39, 0.29) is 18.7 Å². The van der Waals surface area contributed by atoms with Crippen LogP contribution >= 0.6 is 0 Å². The number of hydrogen-bond acceptors (Lipinski definition) is 4. The molecule has 1 heterocycles. The molecule has 2 aliphatic rings. The minimum absolute atomic E-state index is 0.161. The van der Waals surface area contributed by atoms with Crippen LogP contribution in [0.15, 0.2) is 0 Å². The predicted octanol–water partition coefficient (Wildman–Crippen LogP) is -0.481. The van der Waals surface area contributed by atoms with E-state index >= 15 is 0 Å². The number of amides is 1. The molecule has 0 aromatic heterocycles. The molecule has 1 aliphatic carbocycles. The molecule has 1 N–H and O–H groups in total. The van der Waals surface area contributed by atoms with Gasteiger partial charge in [-0.1, -0.05) is 0 Å². The Morgan fingerprint density at radius 1 is 1.53 bits per heavy atom. The van der Waals surface area contributed by atoms with Crippen LogP contribution in [0.3, 0.4) is 0 Å². The highest BCUT2D eigenvalue weighted by Gasteiger charge is 2.40. The molecule has 6 nitrogen and oxygen atoms in total. The number of nitrogens with zero attached hydrogens (tertiary/aromatic N) is 1. The quantitative estimate of drug-likeness (QED) is 0.712. The number of hydrogen-bond donors (Lipinski definition) is 1. The lowest BCUT2D eigenvalue weighted by Crippen LogP contribution is -2.34.